The molecule has 0 atom stereocenters. The monoisotopic (exact) mass is 278 g/mol. The van der Waals surface area contributed by atoms with Gasteiger partial charge in [0.05, 0.1) is 12.6 Å². The Morgan fingerprint density at radius 3 is 2.70 bits per heavy atom. The second-order valence-corrected chi connectivity index (χ2v) is 6.04. The van der Waals surface area contributed by atoms with Gasteiger partial charge in [0.15, 0.2) is 0 Å². The predicted octanol–water partition coefficient (Wildman–Crippen LogP) is 0.967. The highest BCUT2D eigenvalue weighted by molar-refractivity contribution is 5.79. The Labute approximate surface area is 121 Å². The maximum absolute atomic E-state index is 12.5. The fourth-order valence-corrected chi connectivity index (χ4v) is 3.25. The van der Waals surface area contributed by atoms with Gasteiger partial charge in [0.2, 0.25) is 5.91 Å². The third-order valence-electron chi connectivity index (χ3n) is 4.70. The highest BCUT2D eigenvalue weighted by Crippen LogP contribution is 2.32. The highest BCUT2D eigenvalue weighted by atomic mass is 16.2. The van der Waals surface area contributed by atoms with E-state index in [9.17, 15) is 10.1 Å². The average molecular weight is 278 g/mol. The van der Waals surface area contributed by atoms with E-state index in [0.717, 1.165) is 58.3 Å². The summed E-state index contributed by atoms with van der Waals surface area (Å²) in [6.45, 7) is 4.30. The van der Waals surface area contributed by atoms with Crippen LogP contribution in [0.1, 0.15) is 38.5 Å². The summed E-state index contributed by atoms with van der Waals surface area (Å²) in [6.07, 6.45) is 6.03. The van der Waals surface area contributed by atoms with Gasteiger partial charge in [-0.1, -0.05) is 19.3 Å². The van der Waals surface area contributed by atoms with Crippen molar-refractivity contribution in [1.82, 2.24) is 15.1 Å². The maximum atomic E-state index is 12.5. The molecule has 0 spiro atoms. The molecule has 2 rings (SSSR count). The minimum Gasteiger partial charge on any atom is -0.326 e. The van der Waals surface area contributed by atoms with Crippen LogP contribution in [-0.4, -0.2) is 61.0 Å². The lowest BCUT2D eigenvalue weighted by molar-refractivity contribution is -0.136. The van der Waals surface area contributed by atoms with E-state index in [1.807, 2.05) is 7.05 Å². The minimum absolute atomic E-state index is 0.0929. The van der Waals surface area contributed by atoms with Crippen LogP contribution in [-0.2, 0) is 4.79 Å². The fraction of sp³-hybridized carbons (Fsp3) is 0.867. The molecule has 0 bridgehead atoms. The van der Waals surface area contributed by atoms with Crippen molar-refractivity contribution in [2.75, 3.05) is 39.8 Å². The number of likely N-dealkylation sites (N-methyl/N-ethyl adjacent to an activating group) is 1. The summed E-state index contributed by atoms with van der Waals surface area (Å²) in [5.74, 6) is 0.0929. The van der Waals surface area contributed by atoms with Crippen LogP contribution in [0.4, 0.5) is 0 Å². The van der Waals surface area contributed by atoms with E-state index in [1.165, 1.54) is 6.42 Å². The van der Waals surface area contributed by atoms with Crippen molar-refractivity contribution in [3.05, 3.63) is 0 Å². The first-order chi connectivity index (χ1) is 9.68. The molecular weight excluding hydrogens is 252 g/mol. The van der Waals surface area contributed by atoms with Crippen LogP contribution < -0.4 is 5.32 Å². The molecule has 0 unspecified atom stereocenters. The summed E-state index contributed by atoms with van der Waals surface area (Å²) in [5, 5.41) is 12.9. The van der Waals surface area contributed by atoms with Crippen molar-refractivity contribution in [1.29, 1.82) is 5.26 Å². The van der Waals surface area contributed by atoms with Crippen LogP contribution in [0.5, 0.6) is 0 Å². The minimum atomic E-state index is -0.556. The molecule has 1 amide bonds. The lowest BCUT2D eigenvalue weighted by Gasteiger charge is -2.39. The average Bonchev–Trinajstić information content (AvgIpc) is 2.75. The van der Waals surface area contributed by atoms with Gasteiger partial charge in [0, 0.05) is 20.1 Å². The Bertz CT molecular complexity index is 363. The topological polar surface area (TPSA) is 59.4 Å². The molecule has 5 heteroatoms. The molecule has 1 heterocycles. The van der Waals surface area contributed by atoms with Crippen molar-refractivity contribution >= 4 is 5.91 Å². The van der Waals surface area contributed by atoms with E-state index in [0.29, 0.717) is 6.54 Å². The van der Waals surface area contributed by atoms with E-state index in [4.69, 9.17) is 0 Å². The summed E-state index contributed by atoms with van der Waals surface area (Å²) in [4.78, 5) is 16.4. The quantitative estimate of drug-likeness (QED) is 0.835. The van der Waals surface area contributed by atoms with E-state index in [2.05, 4.69) is 16.3 Å². The SMILES string of the molecule is CN(C(=O)CN1CCCNCC1)C1(C#N)CCCCC1. The normalized spacial score (nSPS) is 23.6. The zero-order chi connectivity index (χ0) is 14.4. The molecule has 0 aromatic carbocycles. The van der Waals surface area contributed by atoms with Gasteiger partial charge in [0.1, 0.15) is 5.54 Å². The maximum Gasteiger partial charge on any atom is 0.237 e. The van der Waals surface area contributed by atoms with E-state index >= 15 is 0 Å². The fourth-order valence-electron chi connectivity index (χ4n) is 3.25. The first-order valence-corrected chi connectivity index (χ1v) is 7.79. The molecule has 0 radical (unpaired) electrons. The lowest BCUT2D eigenvalue weighted by atomic mass is 9.81. The number of nitriles is 1. The molecule has 1 N–H and O–H groups in total. The molecule has 0 aromatic heterocycles. The molecule has 5 nitrogen and oxygen atoms in total. The molecule has 1 saturated heterocycles. The van der Waals surface area contributed by atoms with Gasteiger partial charge in [-0.05, 0) is 32.4 Å². The van der Waals surface area contributed by atoms with Gasteiger partial charge < -0.3 is 10.2 Å². The predicted molar refractivity (Wildman–Crippen MR) is 78.1 cm³/mol. The summed E-state index contributed by atoms with van der Waals surface area (Å²) in [7, 11) is 1.81. The van der Waals surface area contributed by atoms with Gasteiger partial charge in [-0.3, -0.25) is 9.69 Å². The van der Waals surface area contributed by atoms with Gasteiger partial charge in [-0.15, -0.1) is 0 Å². The summed E-state index contributed by atoms with van der Waals surface area (Å²) < 4.78 is 0. The van der Waals surface area contributed by atoms with Crippen LogP contribution in [0.3, 0.4) is 0 Å². The molecule has 1 aliphatic carbocycles. The Balaban J connectivity index is 1.94. The highest BCUT2D eigenvalue weighted by Gasteiger charge is 2.38. The van der Waals surface area contributed by atoms with E-state index < -0.39 is 5.54 Å². The summed E-state index contributed by atoms with van der Waals surface area (Å²) in [5.41, 5.74) is -0.556. The van der Waals surface area contributed by atoms with Crippen molar-refractivity contribution < 1.29 is 4.79 Å². The lowest BCUT2D eigenvalue weighted by Crippen LogP contribution is -2.52. The zero-order valence-corrected chi connectivity index (χ0v) is 12.5. The zero-order valence-electron chi connectivity index (χ0n) is 12.5. The summed E-state index contributed by atoms with van der Waals surface area (Å²) >= 11 is 0. The second kappa shape index (κ2) is 7.05. The number of rotatable bonds is 3. The molecule has 20 heavy (non-hydrogen) atoms. The smallest absolute Gasteiger partial charge is 0.237 e. The van der Waals surface area contributed by atoms with Gasteiger partial charge in [0.25, 0.3) is 0 Å². The standard InChI is InChI=1S/C15H26N4O/c1-18(15(13-16)6-3-2-4-7-15)14(20)12-19-10-5-8-17-9-11-19/h17H,2-12H2,1H3. The molecular formula is C15H26N4O. The molecule has 2 fully saturated rings. The molecule has 112 valence electrons. The largest absolute Gasteiger partial charge is 0.326 e. The van der Waals surface area contributed by atoms with Crippen LogP contribution in [0.25, 0.3) is 0 Å². The molecule has 1 saturated carbocycles. The van der Waals surface area contributed by atoms with Gasteiger partial charge in [-0.2, -0.15) is 5.26 Å². The first-order valence-electron chi connectivity index (χ1n) is 7.79. The van der Waals surface area contributed by atoms with Crippen molar-refractivity contribution in [3.8, 4) is 6.07 Å². The molecule has 0 aromatic rings. The third-order valence-corrected chi connectivity index (χ3v) is 4.70. The van der Waals surface area contributed by atoms with E-state index in [1.54, 1.807) is 4.90 Å². The first kappa shape index (κ1) is 15.3. The Morgan fingerprint density at radius 1 is 1.25 bits per heavy atom. The van der Waals surface area contributed by atoms with Crippen LogP contribution in [0.2, 0.25) is 0 Å². The number of hydrogen-bond donors (Lipinski definition) is 1. The second-order valence-electron chi connectivity index (χ2n) is 6.04. The Kier molecular flexibility index (Phi) is 5.38. The van der Waals surface area contributed by atoms with Crippen LogP contribution in [0.15, 0.2) is 0 Å². The van der Waals surface area contributed by atoms with E-state index in [-0.39, 0.29) is 5.91 Å². The Morgan fingerprint density at radius 2 is 2.00 bits per heavy atom. The number of nitrogens with zero attached hydrogens (tertiary/aromatic N) is 3. The van der Waals surface area contributed by atoms with Gasteiger partial charge >= 0.3 is 0 Å². The van der Waals surface area contributed by atoms with Crippen LogP contribution in [0, 0.1) is 11.3 Å². The molecule has 2 aliphatic rings. The van der Waals surface area contributed by atoms with Crippen LogP contribution >= 0.6 is 0 Å². The number of hydrogen-bond acceptors (Lipinski definition) is 4. The third kappa shape index (κ3) is 3.50. The van der Waals surface area contributed by atoms with Crippen molar-refractivity contribution in [2.24, 2.45) is 0 Å². The number of nitrogens with one attached hydrogen (secondary N) is 1. The number of carbonyl (C=O) groups excluding carboxylic acids is 1. The number of carbonyl (C=O) groups is 1. The molecule has 1 aliphatic heterocycles. The van der Waals surface area contributed by atoms with Crippen molar-refractivity contribution in [2.45, 2.75) is 44.1 Å². The van der Waals surface area contributed by atoms with Crippen molar-refractivity contribution in [3.63, 3.8) is 0 Å². The van der Waals surface area contributed by atoms with Gasteiger partial charge in [-0.25, -0.2) is 0 Å². The number of amides is 1. The summed E-state index contributed by atoms with van der Waals surface area (Å²) in [6, 6.07) is 2.42. The Hall–Kier alpha value is -1.12.